The van der Waals surface area contributed by atoms with Crippen molar-refractivity contribution in [2.75, 3.05) is 13.7 Å². The second-order valence-electron chi connectivity index (χ2n) is 4.64. The van der Waals surface area contributed by atoms with Crippen molar-refractivity contribution in [1.29, 1.82) is 0 Å². The van der Waals surface area contributed by atoms with Crippen LogP contribution in [-0.2, 0) is 6.54 Å². The van der Waals surface area contributed by atoms with E-state index in [2.05, 4.69) is 25.2 Å². The van der Waals surface area contributed by atoms with Gasteiger partial charge in [-0.15, -0.1) is 0 Å². The molecule has 3 nitrogen and oxygen atoms in total. The molecule has 0 heterocycles. The minimum Gasteiger partial charge on any atom is -0.496 e. The summed E-state index contributed by atoms with van der Waals surface area (Å²) in [5.41, 5.74) is 2.38. The molecule has 17 heavy (non-hydrogen) atoms. The van der Waals surface area contributed by atoms with Gasteiger partial charge >= 0.3 is 0 Å². The third-order valence-corrected chi connectivity index (χ3v) is 3.19. The third-order valence-electron chi connectivity index (χ3n) is 3.19. The summed E-state index contributed by atoms with van der Waals surface area (Å²) in [5.74, 6) is 1.16. The van der Waals surface area contributed by atoms with Crippen LogP contribution in [-0.4, -0.2) is 24.9 Å². The molecule has 0 aliphatic heterocycles. The zero-order chi connectivity index (χ0) is 12.8. The van der Waals surface area contributed by atoms with Crippen LogP contribution in [0.2, 0.25) is 0 Å². The SMILES string of the molecule is COc1ccc(C)cc1CNC(C)C(C)CO. The molecule has 0 radical (unpaired) electrons. The van der Waals surface area contributed by atoms with Crippen molar-refractivity contribution in [3.8, 4) is 5.75 Å². The molecule has 1 aromatic carbocycles. The Hall–Kier alpha value is -1.06. The first-order valence-corrected chi connectivity index (χ1v) is 6.06. The highest BCUT2D eigenvalue weighted by molar-refractivity contribution is 5.36. The number of benzene rings is 1. The maximum Gasteiger partial charge on any atom is 0.123 e. The van der Waals surface area contributed by atoms with Crippen LogP contribution in [0.25, 0.3) is 0 Å². The van der Waals surface area contributed by atoms with Crippen molar-refractivity contribution < 1.29 is 9.84 Å². The lowest BCUT2D eigenvalue weighted by atomic mass is 10.0. The number of hydrogen-bond acceptors (Lipinski definition) is 3. The molecule has 2 atom stereocenters. The number of ether oxygens (including phenoxy) is 1. The summed E-state index contributed by atoms with van der Waals surface area (Å²) in [6.45, 7) is 7.16. The van der Waals surface area contributed by atoms with Crippen molar-refractivity contribution in [3.05, 3.63) is 29.3 Å². The van der Waals surface area contributed by atoms with Gasteiger partial charge in [-0.3, -0.25) is 0 Å². The summed E-state index contributed by atoms with van der Waals surface area (Å²) in [7, 11) is 1.69. The molecule has 0 saturated carbocycles. The summed E-state index contributed by atoms with van der Waals surface area (Å²) in [5, 5.41) is 12.5. The van der Waals surface area contributed by atoms with Crippen LogP contribution in [0, 0.1) is 12.8 Å². The fourth-order valence-corrected chi connectivity index (χ4v) is 1.68. The predicted molar refractivity (Wildman–Crippen MR) is 70.3 cm³/mol. The minimum absolute atomic E-state index is 0.207. The Morgan fingerprint density at radius 1 is 1.35 bits per heavy atom. The number of methoxy groups -OCH3 is 1. The summed E-state index contributed by atoms with van der Waals surface area (Å²) in [4.78, 5) is 0. The van der Waals surface area contributed by atoms with E-state index in [1.54, 1.807) is 7.11 Å². The highest BCUT2D eigenvalue weighted by atomic mass is 16.5. The van der Waals surface area contributed by atoms with E-state index in [1.165, 1.54) is 5.56 Å². The van der Waals surface area contributed by atoms with Gasteiger partial charge in [0.25, 0.3) is 0 Å². The Labute approximate surface area is 104 Å². The lowest BCUT2D eigenvalue weighted by Crippen LogP contribution is -2.33. The predicted octanol–water partition coefficient (Wildman–Crippen LogP) is 2.11. The second kappa shape index (κ2) is 6.62. The first-order valence-electron chi connectivity index (χ1n) is 6.06. The van der Waals surface area contributed by atoms with Crippen LogP contribution in [0.4, 0.5) is 0 Å². The number of aliphatic hydroxyl groups is 1. The quantitative estimate of drug-likeness (QED) is 0.796. The molecule has 0 amide bonds. The van der Waals surface area contributed by atoms with E-state index in [4.69, 9.17) is 9.84 Å². The summed E-state index contributed by atoms with van der Waals surface area (Å²) < 4.78 is 5.33. The van der Waals surface area contributed by atoms with Crippen LogP contribution in [0.5, 0.6) is 5.75 Å². The summed E-state index contributed by atoms with van der Waals surface area (Å²) >= 11 is 0. The van der Waals surface area contributed by atoms with Gasteiger partial charge in [0.2, 0.25) is 0 Å². The molecule has 0 aromatic heterocycles. The molecule has 2 unspecified atom stereocenters. The lowest BCUT2D eigenvalue weighted by molar-refractivity contribution is 0.206. The molecule has 0 saturated heterocycles. The van der Waals surface area contributed by atoms with Crippen molar-refractivity contribution >= 4 is 0 Å². The molecule has 3 heteroatoms. The van der Waals surface area contributed by atoms with Crippen molar-refractivity contribution in [2.24, 2.45) is 5.92 Å². The number of rotatable bonds is 6. The van der Waals surface area contributed by atoms with Gasteiger partial charge in [0.15, 0.2) is 0 Å². The van der Waals surface area contributed by atoms with E-state index in [9.17, 15) is 0 Å². The number of aliphatic hydroxyl groups excluding tert-OH is 1. The minimum atomic E-state index is 0.207. The molecule has 0 bridgehead atoms. The maximum absolute atomic E-state index is 9.08. The van der Waals surface area contributed by atoms with Crippen LogP contribution >= 0.6 is 0 Å². The smallest absolute Gasteiger partial charge is 0.123 e. The normalized spacial score (nSPS) is 14.4. The fraction of sp³-hybridized carbons (Fsp3) is 0.571. The molecule has 0 aliphatic rings. The maximum atomic E-state index is 9.08. The molecule has 1 rings (SSSR count). The molecule has 0 spiro atoms. The van der Waals surface area contributed by atoms with Gasteiger partial charge in [-0.05, 0) is 25.8 Å². The topological polar surface area (TPSA) is 41.5 Å². The van der Waals surface area contributed by atoms with Gasteiger partial charge in [0.05, 0.1) is 7.11 Å². The third kappa shape index (κ3) is 4.02. The van der Waals surface area contributed by atoms with E-state index in [0.717, 1.165) is 17.9 Å². The van der Waals surface area contributed by atoms with Gasteiger partial charge in [-0.1, -0.05) is 24.6 Å². The zero-order valence-electron chi connectivity index (χ0n) is 11.2. The largest absolute Gasteiger partial charge is 0.496 e. The zero-order valence-corrected chi connectivity index (χ0v) is 11.2. The highest BCUT2D eigenvalue weighted by Crippen LogP contribution is 2.19. The Morgan fingerprint density at radius 2 is 2.06 bits per heavy atom. The Bertz CT molecular complexity index is 352. The van der Waals surface area contributed by atoms with Crippen molar-refractivity contribution in [3.63, 3.8) is 0 Å². The van der Waals surface area contributed by atoms with Crippen molar-refractivity contribution in [1.82, 2.24) is 5.32 Å². The highest BCUT2D eigenvalue weighted by Gasteiger charge is 2.11. The molecular formula is C14H23NO2. The van der Waals surface area contributed by atoms with Gasteiger partial charge in [0, 0.05) is 24.8 Å². The van der Waals surface area contributed by atoms with Gasteiger partial charge < -0.3 is 15.2 Å². The van der Waals surface area contributed by atoms with Crippen LogP contribution < -0.4 is 10.1 Å². The molecule has 0 fully saturated rings. The fourth-order valence-electron chi connectivity index (χ4n) is 1.68. The van der Waals surface area contributed by atoms with E-state index in [0.29, 0.717) is 0 Å². The standard InChI is InChI=1S/C14H23NO2/c1-10-5-6-14(17-4)13(7-10)8-15-12(3)11(2)9-16/h5-7,11-12,15-16H,8-9H2,1-4H3. The molecule has 1 aromatic rings. The van der Waals surface area contributed by atoms with E-state index < -0.39 is 0 Å². The second-order valence-corrected chi connectivity index (χ2v) is 4.64. The van der Waals surface area contributed by atoms with E-state index in [1.807, 2.05) is 19.1 Å². The van der Waals surface area contributed by atoms with Gasteiger partial charge in [-0.2, -0.15) is 0 Å². The Balaban J connectivity index is 2.65. The van der Waals surface area contributed by atoms with E-state index in [-0.39, 0.29) is 18.6 Å². The molecule has 2 N–H and O–H groups in total. The Morgan fingerprint density at radius 3 is 2.65 bits per heavy atom. The molecule has 0 aliphatic carbocycles. The average molecular weight is 237 g/mol. The number of aryl methyl sites for hydroxylation is 1. The first-order chi connectivity index (χ1) is 8.08. The van der Waals surface area contributed by atoms with Crippen LogP contribution in [0.3, 0.4) is 0 Å². The van der Waals surface area contributed by atoms with Gasteiger partial charge in [0.1, 0.15) is 5.75 Å². The van der Waals surface area contributed by atoms with E-state index >= 15 is 0 Å². The lowest BCUT2D eigenvalue weighted by Gasteiger charge is -2.20. The van der Waals surface area contributed by atoms with Crippen LogP contribution in [0.1, 0.15) is 25.0 Å². The van der Waals surface area contributed by atoms with Crippen molar-refractivity contribution in [2.45, 2.75) is 33.4 Å². The monoisotopic (exact) mass is 237 g/mol. The first kappa shape index (κ1) is 14.0. The summed E-state index contributed by atoms with van der Waals surface area (Å²) in [6.07, 6.45) is 0. The molecule has 96 valence electrons. The average Bonchev–Trinajstić information content (AvgIpc) is 2.35. The Kier molecular flexibility index (Phi) is 5.45. The number of nitrogens with one attached hydrogen (secondary N) is 1. The summed E-state index contributed by atoms with van der Waals surface area (Å²) in [6, 6.07) is 6.45. The van der Waals surface area contributed by atoms with Crippen LogP contribution in [0.15, 0.2) is 18.2 Å². The number of hydrogen-bond donors (Lipinski definition) is 2. The van der Waals surface area contributed by atoms with Gasteiger partial charge in [-0.25, -0.2) is 0 Å². The molecular weight excluding hydrogens is 214 g/mol.